The molecule has 172 valence electrons. The number of thiazole rings is 1. The monoisotopic (exact) mass is 490 g/mol. The first-order valence-electron chi connectivity index (χ1n) is 11.1. The highest BCUT2D eigenvalue weighted by molar-refractivity contribution is 7.22. The van der Waals surface area contributed by atoms with Gasteiger partial charge in [0, 0.05) is 35.3 Å². The lowest BCUT2D eigenvalue weighted by molar-refractivity contribution is -0.142. The van der Waals surface area contributed by atoms with Crippen LogP contribution in [-0.2, 0) is 22.5 Å². The van der Waals surface area contributed by atoms with Crippen LogP contribution in [0, 0.1) is 6.92 Å². The Hall–Kier alpha value is -3.22. The third-order valence-corrected chi connectivity index (χ3v) is 7.50. The van der Waals surface area contributed by atoms with Gasteiger partial charge in [0.05, 0.1) is 23.2 Å². The molecule has 1 amide bonds. The molecule has 0 bridgehead atoms. The number of amides is 1. The van der Waals surface area contributed by atoms with E-state index in [9.17, 15) is 9.59 Å². The van der Waals surface area contributed by atoms with Crippen molar-refractivity contribution >= 4 is 45.0 Å². The van der Waals surface area contributed by atoms with Crippen LogP contribution in [0.2, 0.25) is 5.02 Å². The van der Waals surface area contributed by atoms with Gasteiger partial charge in [-0.15, -0.1) is 11.3 Å². The number of halogens is 1. The topological polar surface area (TPSA) is 59.5 Å². The molecule has 0 N–H and O–H groups in total. The number of hydrogen-bond donors (Lipinski definition) is 0. The van der Waals surface area contributed by atoms with Crippen molar-refractivity contribution in [2.75, 3.05) is 13.7 Å². The zero-order chi connectivity index (χ0) is 24.0. The van der Waals surface area contributed by atoms with E-state index >= 15 is 0 Å². The lowest BCUT2D eigenvalue weighted by atomic mass is 9.93. The van der Waals surface area contributed by atoms with E-state index in [2.05, 4.69) is 6.07 Å². The number of fused-ring (bicyclic) bond motifs is 2. The average Bonchev–Trinajstić information content (AvgIpc) is 3.35. The molecule has 34 heavy (non-hydrogen) atoms. The second-order valence-electron chi connectivity index (χ2n) is 8.44. The van der Waals surface area contributed by atoms with E-state index in [0.29, 0.717) is 18.2 Å². The normalized spacial score (nSPS) is 12.9. The van der Waals surface area contributed by atoms with Gasteiger partial charge in [-0.25, -0.2) is 4.98 Å². The summed E-state index contributed by atoms with van der Waals surface area (Å²) in [5, 5.41) is 1.53. The van der Waals surface area contributed by atoms with Crippen LogP contribution in [0.4, 0.5) is 0 Å². The second-order valence-corrected chi connectivity index (χ2v) is 9.87. The van der Waals surface area contributed by atoms with Crippen LogP contribution in [-0.4, -0.2) is 35.4 Å². The van der Waals surface area contributed by atoms with E-state index in [0.717, 1.165) is 54.2 Å². The standard InChI is InChI=1S/C27H23ClN2O3S/c1-4-33-23(31)13-21-15(2)11-22-25(24(21)16-5-8-19(28)9-6-16)34-26(29-22)17-7-10-20-18(12-17)14-30(3)27(20)32/h5-12H,4,13-14H2,1-3H3. The van der Waals surface area contributed by atoms with Gasteiger partial charge in [-0.1, -0.05) is 29.8 Å². The minimum atomic E-state index is -0.252. The molecule has 0 spiro atoms. The highest BCUT2D eigenvalue weighted by atomic mass is 35.5. The molecule has 1 aromatic heterocycles. The fourth-order valence-corrected chi connectivity index (χ4v) is 5.72. The largest absolute Gasteiger partial charge is 0.466 e. The smallest absolute Gasteiger partial charge is 0.310 e. The number of aromatic nitrogens is 1. The summed E-state index contributed by atoms with van der Waals surface area (Å²) in [6.45, 7) is 4.76. The molecular formula is C27H23ClN2O3S. The average molecular weight is 491 g/mol. The SMILES string of the molecule is CCOC(=O)Cc1c(C)cc2nc(-c3ccc4c(c3)CN(C)C4=O)sc2c1-c1ccc(Cl)cc1. The molecule has 0 atom stereocenters. The molecule has 1 aliphatic rings. The van der Waals surface area contributed by atoms with Crippen molar-refractivity contribution in [2.24, 2.45) is 0 Å². The van der Waals surface area contributed by atoms with Crippen LogP contribution < -0.4 is 0 Å². The fourth-order valence-electron chi connectivity index (χ4n) is 4.46. The molecule has 0 saturated heterocycles. The number of benzene rings is 3. The first-order chi connectivity index (χ1) is 16.4. The molecule has 0 fully saturated rings. The Morgan fingerprint density at radius 2 is 1.88 bits per heavy atom. The summed E-state index contributed by atoms with van der Waals surface area (Å²) >= 11 is 7.75. The first kappa shape index (κ1) is 22.6. The van der Waals surface area contributed by atoms with E-state index < -0.39 is 0 Å². The Kier molecular flexibility index (Phi) is 5.88. The molecule has 4 aromatic rings. The van der Waals surface area contributed by atoms with Gasteiger partial charge in [-0.2, -0.15) is 0 Å². The summed E-state index contributed by atoms with van der Waals surface area (Å²) in [4.78, 5) is 31.4. The summed E-state index contributed by atoms with van der Waals surface area (Å²) in [5.74, 6) is -0.201. The van der Waals surface area contributed by atoms with Crippen LogP contribution in [0.3, 0.4) is 0 Å². The molecular weight excluding hydrogens is 468 g/mol. The maximum Gasteiger partial charge on any atom is 0.310 e. The Morgan fingerprint density at radius 1 is 1.15 bits per heavy atom. The van der Waals surface area contributed by atoms with Gasteiger partial charge < -0.3 is 9.64 Å². The molecule has 5 nitrogen and oxygen atoms in total. The molecule has 0 saturated carbocycles. The molecule has 0 radical (unpaired) electrons. The molecule has 5 rings (SSSR count). The number of carbonyl (C=O) groups is 2. The van der Waals surface area contributed by atoms with E-state index in [4.69, 9.17) is 21.3 Å². The third kappa shape index (κ3) is 3.97. The zero-order valence-electron chi connectivity index (χ0n) is 19.1. The van der Waals surface area contributed by atoms with E-state index in [1.807, 2.05) is 63.4 Å². The van der Waals surface area contributed by atoms with Gasteiger partial charge in [0.1, 0.15) is 5.01 Å². The van der Waals surface area contributed by atoms with Gasteiger partial charge in [0.2, 0.25) is 0 Å². The number of esters is 1. The van der Waals surface area contributed by atoms with E-state index in [1.54, 1.807) is 16.2 Å². The number of hydrogen-bond acceptors (Lipinski definition) is 5. The van der Waals surface area contributed by atoms with Gasteiger partial charge in [-0.3, -0.25) is 9.59 Å². The van der Waals surface area contributed by atoms with Crippen LogP contribution in [0.5, 0.6) is 0 Å². The van der Waals surface area contributed by atoms with E-state index in [1.165, 1.54) is 0 Å². The van der Waals surface area contributed by atoms with Crippen molar-refractivity contribution in [2.45, 2.75) is 26.8 Å². The van der Waals surface area contributed by atoms with Crippen LogP contribution >= 0.6 is 22.9 Å². The number of nitrogens with zero attached hydrogens (tertiary/aromatic N) is 2. The molecule has 2 heterocycles. The quantitative estimate of drug-likeness (QED) is 0.309. The van der Waals surface area contributed by atoms with Crippen molar-refractivity contribution in [3.8, 4) is 21.7 Å². The van der Waals surface area contributed by atoms with Crippen LogP contribution in [0.1, 0.15) is 34.0 Å². The second kappa shape index (κ2) is 8.85. The van der Waals surface area contributed by atoms with Crippen LogP contribution in [0.15, 0.2) is 48.5 Å². The Labute approximate surface area is 207 Å². The molecule has 0 aliphatic carbocycles. The summed E-state index contributed by atoms with van der Waals surface area (Å²) < 4.78 is 6.26. The fraction of sp³-hybridized carbons (Fsp3) is 0.222. The zero-order valence-corrected chi connectivity index (χ0v) is 20.7. The van der Waals surface area contributed by atoms with Gasteiger partial charge >= 0.3 is 5.97 Å². The lowest BCUT2D eigenvalue weighted by Crippen LogP contribution is -2.17. The lowest BCUT2D eigenvalue weighted by Gasteiger charge is -2.14. The highest BCUT2D eigenvalue weighted by Crippen LogP contribution is 2.41. The number of ether oxygens (including phenoxy) is 1. The van der Waals surface area contributed by atoms with Crippen molar-refractivity contribution in [1.82, 2.24) is 9.88 Å². The maximum atomic E-state index is 12.4. The first-order valence-corrected chi connectivity index (χ1v) is 12.3. The molecule has 7 heteroatoms. The van der Waals surface area contributed by atoms with Gasteiger partial charge in [-0.05, 0) is 66.4 Å². The van der Waals surface area contributed by atoms with Crippen molar-refractivity contribution in [3.05, 3.63) is 75.8 Å². The molecule has 1 aliphatic heterocycles. The minimum absolute atomic E-state index is 0.0510. The van der Waals surface area contributed by atoms with Crippen LogP contribution in [0.25, 0.3) is 31.9 Å². The number of rotatable bonds is 5. The van der Waals surface area contributed by atoms with Gasteiger partial charge in [0.25, 0.3) is 5.91 Å². The number of aryl methyl sites for hydroxylation is 1. The Bertz CT molecular complexity index is 1440. The van der Waals surface area contributed by atoms with Crippen molar-refractivity contribution < 1.29 is 14.3 Å². The summed E-state index contributed by atoms with van der Waals surface area (Å²) in [6.07, 6.45) is 0.189. The number of carbonyl (C=O) groups excluding carboxylic acids is 2. The predicted octanol–water partition coefficient (Wildman–Crippen LogP) is 6.28. The maximum absolute atomic E-state index is 12.4. The Morgan fingerprint density at radius 3 is 2.62 bits per heavy atom. The highest BCUT2D eigenvalue weighted by Gasteiger charge is 2.25. The summed E-state index contributed by atoms with van der Waals surface area (Å²) in [7, 11) is 1.81. The van der Waals surface area contributed by atoms with Crippen molar-refractivity contribution in [1.29, 1.82) is 0 Å². The van der Waals surface area contributed by atoms with Crippen molar-refractivity contribution in [3.63, 3.8) is 0 Å². The van der Waals surface area contributed by atoms with Gasteiger partial charge in [0.15, 0.2) is 0 Å². The van der Waals surface area contributed by atoms with E-state index in [-0.39, 0.29) is 18.3 Å². The predicted molar refractivity (Wildman–Crippen MR) is 136 cm³/mol. The molecule has 3 aromatic carbocycles. The summed E-state index contributed by atoms with van der Waals surface area (Å²) in [6, 6.07) is 15.6. The Balaban J connectivity index is 1.68. The minimum Gasteiger partial charge on any atom is -0.466 e. The summed E-state index contributed by atoms with van der Waals surface area (Å²) in [5.41, 5.74) is 7.52. The molecule has 0 unspecified atom stereocenters. The third-order valence-electron chi connectivity index (χ3n) is 6.11.